The van der Waals surface area contributed by atoms with Gasteiger partial charge in [-0.3, -0.25) is 14.5 Å². The summed E-state index contributed by atoms with van der Waals surface area (Å²) in [7, 11) is 0. The number of anilines is 1. The van der Waals surface area contributed by atoms with E-state index in [4.69, 9.17) is 23.2 Å². The van der Waals surface area contributed by atoms with Gasteiger partial charge in [0.1, 0.15) is 11.6 Å². The average molecular weight is 327 g/mol. The van der Waals surface area contributed by atoms with Crippen LogP contribution in [0.3, 0.4) is 0 Å². The molecule has 1 saturated carbocycles. The first-order chi connectivity index (χ1) is 9.84. The zero-order valence-electron chi connectivity index (χ0n) is 11.8. The molecule has 4 nitrogen and oxygen atoms in total. The fourth-order valence-corrected chi connectivity index (χ4v) is 3.39. The maximum atomic E-state index is 12.9. The van der Waals surface area contributed by atoms with Crippen molar-refractivity contribution in [3.8, 4) is 0 Å². The Morgan fingerprint density at radius 1 is 1.29 bits per heavy atom. The van der Waals surface area contributed by atoms with Crippen LogP contribution in [0, 0.1) is 5.92 Å². The number of piperazine rings is 1. The summed E-state index contributed by atoms with van der Waals surface area (Å²) < 4.78 is 0. The number of rotatable bonds is 2. The highest BCUT2D eigenvalue weighted by atomic mass is 35.5. The maximum Gasteiger partial charge on any atom is 0.253 e. The van der Waals surface area contributed by atoms with E-state index in [0.717, 1.165) is 12.8 Å². The number of carbonyl (C=O) groups is 2. The second kappa shape index (κ2) is 4.89. The molecular formula is C15H16Cl2N2O2. The number of nitrogens with zero attached hydrogens (tertiary/aromatic N) is 1. The molecule has 112 valence electrons. The predicted molar refractivity (Wildman–Crippen MR) is 82.7 cm³/mol. The molecule has 2 unspecified atom stereocenters. The van der Waals surface area contributed by atoms with E-state index >= 15 is 0 Å². The summed E-state index contributed by atoms with van der Waals surface area (Å²) in [5, 5.41) is 3.75. The van der Waals surface area contributed by atoms with Gasteiger partial charge in [0.15, 0.2) is 0 Å². The van der Waals surface area contributed by atoms with Crippen molar-refractivity contribution in [3.05, 3.63) is 28.2 Å². The molecule has 0 radical (unpaired) electrons. The van der Waals surface area contributed by atoms with Crippen molar-refractivity contribution in [1.29, 1.82) is 0 Å². The lowest BCUT2D eigenvalue weighted by atomic mass is 9.89. The minimum Gasteiger partial charge on any atom is -0.340 e. The summed E-state index contributed by atoms with van der Waals surface area (Å²) in [5.41, 5.74) is -0.313. The third kappa shape index (κ3) is 2.30. The van der Waals surface area contributed by atoms with E-state index in [1.54, 1.807) is 32.0 Å². The molecule has 3 rings (SSSR count). The van der Waals surface area contributed by atoms with E-state index in [1.165, 1.54) is 4.90 Å². The van der Waals surface area contributed by atoms with Crippen molar-refractivity contribution in [2.45, 2.75) is 38.3 Å². The van der Waals surface area contributed by atoms with Gasteiger partial charge >= 0.3 is 0 Å². The summed E-state index contributed by atoms with van der Waals surface area (Å²) in [5.74, 6) is -0.0636. The van der Waals surface area contributed by atoms with Crippen LogP contribution in [0.1, 0.15) is 26.7 Å². The smallest absolute Gasteiger partial charge is 0.253 e. The quantitative estimate of drug-likeness (QED) is 0.908. The highest BCUT2D eigenvalue weighted by molar-refractivity contribution is 6.37. The summed E-state index contributed by atoms with van der Waals surface area (Å²) in [6.07, 6.45) is 1.91. The largest absolute Gasteiger partial charge is 0.340 e. The van der Waals surface area contributed by atoms with Crippen molar-refractivity contribution in [1.82, 2.24) is 5.32 Å². The number of amides is 2. The highest BCUT2D eigenvalue weighted by Crippen LogP contribution is 2.44. The van der Waals surface area contributed by atoms with Crippen molar-refractivity contribution < 1.29 is 9.59 Å². The van der Waals surface area contributed by atoms with Crippen LogP contribution in [0.5, 0.6) is 0 Å². The molecule has 2 aliphatic rings. The van der Waals surface area contributed by atoms with E-state index < -0.39 is 11.6 Å². The Bertz CT molecular complexity index is 630. The standard InChI is InChI=1S/C15H16Cl2N2O2/c1-8-13(20)18-15(2,9-3-4-9)14(21)19(8)12-6-5-10(16)7-11(12)17/h5-9H,3-4H2,1-2H3,(H,18,20). The summed E-state index contributed by atoms with van der Waals surface area (Å²) in [6, 6.07) is 4.34. The predicted octanol–water partition coefficient (Wildman–Crippen LogP) is 3.01. The summed E-state index contributed by atoms with van der Waals surface area (Å²) in [6.45, 7) is 3.50. The Kier molecular flexibility index (Phi) is 3.41. The second-order valence-corrected chi connectivity index (χ2v) is 6.76. The minimum absolute atomic E-state index is 0.110. The molecule has 1 aliphatic heterocycles. The summed E-state index contributed by atoms with van der Waals surface area (Å²) in [4.78, 5) is 26.7. The molecule has 1 aromatic rings. The molecule has 0 bridgehead atoms. The zero-order chi connectivity index (χ0) is 15.4. The first-order valence-corrected chi connectivity index (χ1v) is 7.71. The highest BCUT2D eigenvalue weighted by Gasteiger charge is 2.55. The molecule has 1 aliphatic carbocycles. The third-order valence-corrected chi connectivity index (χ3v) is 4.91. The van der Waals surface area contributed by atoms with Crippen LogP contribution in [0.15, 0.2) is 18.2 Å². The van der Waals surface area contributed by atoms with E-state index in [2.05, 4.69) is 5.32 Å². The molecule has 1 aromatic carbocycles. The first kappa shape index (κ1) is 14.7. The first-order valence-electron chi connectivity index (χ1n) is 6.95. The fourth-order valence-electron chi connectivity index (χ4n) is 2.89. The van der Waals surface area contributed by atoms with E-state index in [-0.39, 0.29) is 17.7 Å². The number of nitrogens with one attached hydrogen (secondary N) is 1. The number of halogens is 2. The van der Waals surface area contributed by atoms with Gasteiger partial charge in [-0.05, 0) is 50.8 Å². The number of benzene rings is 1. The van der Waals surface area contributed by atoms with Gasteiger partial charge in [-0.15, -0.1) is 0 Å². The van der Waals surface area contributed by atoms with Gasteiger partial charge in [0, 0.05) is 5.02 Å². The Morgan fingerprint density at radius 3 is 2.52 bits per heavy atom. The lowest BCUT2D eigenvalue weighted by Gasteiger charge is -2.43. The van der Waals surface area contributed by atoms with Gasteiger partial charge < -0.3 is 5.32 Å². The van der Waals surface area contributed by atoms with Crippen LogP contribution in [0.4, 0.5) is 5.69 Å². The minimum atomic E-state index is -0.841. The molecule has 1 heterocycles. The van der Waals surface area contributed by atoms with Gasteiger partial charge in [0.25, 0.3) is 5.91 Å². The SMILES string of the molecule is CC1C(=O)NC(C)(C2CC2)C(=O)N1c1ccc(Cl)cc1Cl. The Morgan fingerprint density at radius 2 is 1.95 bits per heavy atom. The molecule has 1 saturated heterocycles. The van der Waals surface area contributed by atoms with Crippen LogP contribution in [-0.2, 0) is 9.59 Å². The second-order valence-electron chi connectivity index (χ2n) is 5.91. The maximum absolute atomic E-state index is 12.9. The molecule has 21 heavy (non-hydrogen) atoms. The Labute approximate surface area is 133 Å². The molecule has 2 atom stereocenters. The van der Waals surface area contributed by atoms with Gasteiger partial charge in [0.2, 0.25) is 5.91 Å². The van der Waals surface area contributed by atoms with E-state index in [1.807, 2.05) is 0 Å². The monoisotopic (exact) mass is 326 g/mol. The molecular weight excluding hydrogens is 311 g/mol. The van der Waals surface area contributed by atoms with Gasteiger partial charge in [0.05, 0.1) is 10.7 Å². The molecule has 6 heteroatoms. The molecule has 1 N–H and O–H groups in total. The Hall–Kier alpha value is -1.26. The van der Waals surface area contributed by atoms with Crippen molar-refractivity contribution in [2.24, 2.45) is 5.92 Å². The van der Waals surface area contributed by atoms with Crippen LogP contribution in [-0.4, -0.2) is 23.4 Å². The van der Waals surface area contributed by atoms with E-state index in [9.17, 15) is 9.59 Å². The fraction of sp³-hybridized carbons (Fsp3) is 0.467. The number of hydrogen-bond donors (Lipinski definition) is 1. The average Bonchev–Trinajstić information content (AvgIpc) is 3.24. The molecule has 2 amide bonds. The van der Waals surface area contributed by atoms with E-state index in [0.29, 0.717) is 15.7 Å². The normalized spacial score (nSPS) is 29.5. The number of hydrogen-bond acceptors (Lipinski definition) is 2. The van der Waals surface area contributed by atoms with Gasteiger partial charge in [-0.25, -0.2) is 0 Å². The Balaban J connectivity index is 2.05. The van der Waals surface area contributed by atoms with Crippen LogP contribution in [0.2, 0.25) is 10.0 Å². The van der Waals surface area contributed by atoms with Crippen molar-refractivity contribution >= 4 is 40.7 Å². The lowest BCUT2D eigenvalue weighted by molar-refractivity contribution is -0.138. The van der Waals surface area contributed by atoms with Gasteiger partial charge in [-0.1, -0.05) is 23.2 Å². The topological polar surface area (TPSA) is 49.4 Å². The molecule has 0 spiro atoms. The van der Waals surface area contributed by atoms with Crippen LogP contribution >= 0.6 is 23.2 Å². The lowest BCUT2D eigenvalue weighted by Crippen LogP contribution is -2.70. The molecule has 2 fully saturated rings. The molecule has 0 aromatic heterocycles. The van der Waals surface area contributed by atoms with Gasteiger partial charge in [-0.2, -0.15) is 0 Å². The van der Waals surface area contributed by atoms with Crippen molar-refractivity contribution in [2.75, 3.05) is 4.90 Å². The van der Waals surface area contributed by atoms with Crippen molar-refractivity contribution in [3.63, 3.8) is 0 Å². The van der Waals surface area contributed by atoms with Crippen LogP contribution < -0.4 is 10.2 Å². The summed E-state index contributed by atoms with van der Waals surface area (Å²) >= 11 is 12.1. The van der Waals surface area contributed by atoms with Crippen LogP contribution in [0.25, 0.3) is 0 Å². The third-order valence-electron chi connectivity index (χ3n) is 4.38. The zero-order valence-corrected chi connectivity index (χ0v) is 13.3. The number of carbonyl (C=O) groups excluding carboxylic acids is 2.